The summed E-state index contributed by atoms with van der Waals surface area (Å²) >= 11 is 0. The normalized spacial score (nSPS) is 10.8. The summed E-state index contributed by atoms with van der Waals surface area (Å²) < 4.78 is 69.0. The molecule has 34 heavy (non-hydrogen) atoms. The monoisotopic (exact) mass is 472 g/mol. The molecule has 2 rings (SSSR count). The van der Waals surface area contributed by atoms with Crippen molar-refractivity contribution in [2.45, 2.75) is 6.92 Å². The average molecular weight is 472 g/mol. The molecule has 0 fully saturated rings. The van der Waals surface area contributed by atoms with Crippen LogP contribution < -0.4 is 4.90 Å². The molecule has 0 aliphatic carbocycles. The molecule has 10 heteroatoms. The van der Waals surface area contributed by atoms with Crippen LogP contribution in [0.2, 0.25) is 0 Å². The maximum absolute atomic E-state index is 14.2. The molecule has 2 aromatic rings. The van der Waals surface area contributed by atoms with E-state index in [9.17, 15) is 26.9 Å². The Morgan fingerprint density at radius 1 is 0.941 bits per heavy atom. The smallest absolute Gasteiger partial charge is 0.200 e. The van der Waals surface area contributed by atoms with E-state index in [1.807, 2.05) is 11.8 Å². The molecule has 174 valence electrons. The van der Waals surface area contributed by atoms with Gasteiger partial charge in [-0.1, -0.05) is 41.6 Å². The first-order chi connectivity index (χ1) is 16.3. The molecule has 0 aliphatic heterocycles. The molecule has 5 nitrogen and oxygen atoms in total. The second-order valence-corrected chi connectivity index (χ2v) is 6.70. The third-order valence-electron chi connectivity index (χ3n) is 4.74. The first kappa shape index (κ1) is 25.9. The number of anilines is 1. The zero-order chi connectivity index (χ0) is 25.3. The van der Waals surface area contributed by atoms with E-state index < -0.39 is 45.8 Å². The van der Waals surface area contributed by atoms with E-state index in [0.717, 1.165) is 11.8 Å². The van der Waals surface area contributed by atoms with Crippen LogP contribution in [0.25, 0.3) is 11.6 Å². The van der Waals surface area contributed by atoms with Crippen LogP contribution in [0.4, 0.5) is 27.6 Å². The third-order valence-corrected chi connectivity index (χ3v) is 4.74. The van der Waals surface area contributed by atoms with Gasteiger partial charge in [0.15, 0.2) is 23.3 Å². The summed E-state index contributed by atoms with van der Waals surface area (Å²) in [6.07, 6.45) is 5.10. The Balaban J connectivity index is 2.37. The number of allylic oxidation sites excluding steroid dienone is 5. The fourth-order valence-corrected chi connectivity index (χ4v) is 3.02. The topological polar surface area (TPSA) is 80.2 Å². The van der Waals surface area contributed by atoms with E-state index in [1.165, 1.54) is 24.3 Å². The molecule has 0 radical (unpaired) electrons. The number of nitriles is 2. The summed E-state index contributed by atoms with van der Waals surface area (Å²) in [4.78, 5) is 12.3. The van der Waals surface area contributed by atoms with Gasteiger partial charge in [-0.05, 0) is 24.6 Å². The number of halogens is 5. The van der Waals surface area contributed by atoms with E-state index in [2.05, 4.69) is 5.18 Å². The molecule has 0 aliphatic rings. The lowest BCUT2D eigenvalue weighted by Crippen LogP contribution is -2.25. The molecule has 0 heterocycles. The molecule has 2 aromatic carbocycles. The highest BCUT2D eigenvalue weighted by Crippen LogP contribution is 2.31. The molecular formula is C24H17F5N4O. The SMILES string of the molecule is CCN(CCN=O)c1ccc(/C=C/C=C/C(=C(C#N)C#N)c2c(F)c(F)c(F)c(F)c2F)cc1. The molecule has 0 bridgehead atoms. The maximum atomic E-state index is 14.2. The van der Waals surface area contributed by atoms with Gasteiger partial charge in [-0.3, -0.25) is 0 Å². The van der Waals surface area contributed by atoms with Crippen LogP contribution in [-0.2, 0) is 0 Å². The van der Waals surface area contributed by atoms with Crippen molar-refractivity contribution in [3.63, 3.8) is 0 Å². The van der Waals surface area contributed by atoms with Gasteiger partial charge in [0.05, 0.1) is 12.1 Å². The second-order valence-electron chi connectivity index (χ2n) is 6.70. The van der Waals surface area contributed by atoms with Crippen LogP contribution >= 0.6 is 0 Å². The number of hydrogen-bond acceptors (Lipinski definition) is 5. The zero-order valence-electron chi connectivity index (χ0n) is 17.8. The first-order valence-electron chi connectivity index (χ1n) is 9.85. The Kier molecular flexibility index (Phi) is 9.21. The number of likely N-dealkylation sites (N-methyl/N-ethyl adjacent to an activating group) is 1. The highest BCUT2D eigenvalue weighted by Gasteiger charge is 2.28. The lowest BCUT2D eigenvalue weighted by molar-refractivity contribution is 0.376. The first-order valence-corrected chi connectivity index (χ1v) is 9.85. The van der Waals surface area contributed by atoms with E-state index in [-0.39, 0.29) is 6.54 Å². The van der Waals surface area contributed by atoms with Crippen molar-refractivity contribution in [2.24, 2.45) is 5.18 Å². The number of nitroso groups, excluding NO2 is 1. The van der Waals surface area contributed by atoms with Gasteiger partial charge in [-0.15, -0.1) is 0 Å². The van der Waals surface area contributed by atoms with Crippen LogP contribution in [0.5, 0.6) is 0 Å². The molecule has 0 saturated carbocycles. The van der Waals surface area contributed by atoms with Crippen LogP contribution in [-0.4, -0.2) is 19.6 Å². The fourth-order valence-electron chi connectivity index (χ4n) is 3.02. The summed E-state index contributed by atoms with van der Waals surface area (Å²) in [7, 11) is 0. The minimum atomic E-state index is -2.34. The van der Waals surface area contributed by atoms with Crippen molar-refractivity contribution in [3.8, 4) is 12.1 Å². The van der Waals surface area contributed by atoms with Crippen LogP contribution in [0.1, 0.15) is 18.1 Å². The Morgan fingerprint density at radius 3 is 2.00 bits per heavy atom. The van der Waals surface area contributed by atoms with Crippen LogP contribution in [0.15, 0.2) is 53.2 Å². The highest BCUT2D eigenvalue weighted by molar-refractivity contribution is 5.83. The molecule has 0 aromatic heterocycles. The van der Waals surface area contributed by atoms with Crippen molar-refractivity contribution in [3.05, 3.63) is 93.2 Å². The molecule has 0 atom stereocenters. The summed E-state index contributed by atoms with van der Waals surface area (Å²) in [5.74, 6) is -11.0. The Labute approximate surface area is 192 Å². The number of benzene rings is 2. The predicted molar refractivity (Wildman–Crippen MR) is 118 cm³/mol. The number of hydrogen-bond donors (Lipinski definition) is 0. The predicted octanol–water partition coefficient (Wildman–Crippen LogP) is 6.05. The summed E-state index contributed by atoms with van der Waals surface area (Å²) in [6.45, 7) is 3.20. The molecular weight excluding hydrogens is 455 g/mol. The highest BCUT2D eigenvalue weighted by atomic mass is 19.2. The lowest BCUT2D eigenvalue weighted by atomic mass is 9.98. The summed E-state index contributed by atoms with van der Waals surface area (Å²) in [6, 6.07) is 9.92. The van der Waals surface area contributed by atoms with E-state index in [0.29, 0.717) is 18.7 Å². The van der Waals surface area contributed by atoms with Crippen LogP contribution in [0, 0.1) is 56.7 Å². The Morgan fingerprint density at radius 2 is 1.50 bits per heavy atom. The van der Waals surface area contributed by atoms with E-state index in [4.69, 9.17) is 10.5 Å². The van der Waals surface area contributed by atoms with Gasteiger partial charge in [-0.25, -0.2) is 22.0 Å². The third kappa shape index (κ3) is 5.73. The molecule has 0 unspecified atom stereocenters. The van der Waals surface area contributed by atoms with E-state index >= 15 is 0 Å². The van der Waals surface area contributed by atoms with Gasteiger partial charge in [-0.2, -0.15) is 15.4 Å². The largest absolute Gasteiger partial charge is 0.370 e. The molecule has 0 N–H and O–H groups in total. The maximum Gasteiger partial charge on any atom is 0.200 e. The van der Waals surface area contributed by atoms with E-state index in [1.54, 1.807) is 30.3 Å². The van der Waals surface area contributed by atoms with Gasteiger partial charge in [0.25, 0.3) is 0 Å². The quantitative estimate of drug-likeness (QED) is 0.111. The summed E-state index contributed by atoms with van der Waals surface area (Å²) in [5.41, 5.74) is -1.38. The lowest BCUT2D eigenvalue weighted by Gasteiger charge is -2.21. The van der Waals surface area contributed by atoms with Gasteiger partial charge < -0.3 is 4.90 Å². The fraction of sp³-hybridized carbons (Fsp3) is 0.167. The Hall–Kier alpha value is -4.31. The second kappa shape index (κ2) is 12.1. The zero-order valence-corrected chi connectivity index (χ0v) is 17.8. The van der Waals surface area contributed by atoms with Gasteiger partial charge in [0.1, 0.15) is 17.7 Å². The van der Waals surface area contributed by atoms with Crippen molar-refractivity contribution < 1.29 is 22.0 Å². The molecule has 0 amide bonds. The standard InChI is InChI=1S/C24H17F5N4O/c1-2-33(12-11-32-34)17-9-7-15(8-10-17)5-3-4-6-18(16(13-30)14-31)19-20(25)22(27)24(29)23(28)21(19)26/h3-10H,2,11-12H2,1H3/b5-3+,6-4+. The molecule has 0 saturated heterocycles. The number of nitrogens with zero attached hydrogens (tertiary/aromatic N) is 4. The average Bonchev–Trinajstić information content (AvgIpc) is 2.85. The molecule has 0 spiro atoms. The van der Waals surface area contributed by atoms with Crippen molar-refractivity contribution >= 4 is 17.3 Å². The van der Waals surface area contributed by atoms with Crippen molar-refractivity contribution in [2.75, 3.05) is 24.5 Å². The minimum Gasteiger partial charge on any atom is -0.370 e. The minimum absolute atomic E-state index is 0.145. The van der Waals surface area contributed by atoms with Gasteiger partial charge >= 0.3 is 0 Å². The Bertz CT molecular complexity index is 1190. The number of rotatable bonds is 9. The van der Waals surface area contributed by atoms with Crippen LogP contribution in [0.3, 0.4) is 0 Å². The van der Waals surface area contributed by atoms with Gasteiger partial charge in [0.2, 0.25) is 5.82 Å². The summed E-state index contributed by atoms with van der Waals surface area (Å²) in [5, 5.41) is 21.0. The van der Waals surface area contributed by atoms with Gasteiger partial charge in [0, 0.05) is 24.4 Å². The van der Waals surface area contributed by atoms with Crippen molar-refractivity contribution in [1.29, 1.82) is 10.5 Å². The van der Waals surface area contributed by atoms with Crippen molar-refractivity contribution in [1.82, 2.24) is 0 Å².